The number of alkyl halides is 2. The predicted octanol–water partition coefficient (Wildman–Crippen LogP) is 2.68. The Balaban J connectivity index is 2.93. The third-order valence-corrected chi connectivity index (χ3v) is 2.25. The highest BCUT2D eigenvalue weighted by atomic mass is 19.3. The van der Waals surface area contributed by atoms with Crippen molar-refractivity contribution in [2.45, 2.75) is 33.7 Å². The molecule has 0 aromatic carbocycles. The van der Waals surface area contributed by atoms with E-state index < -0.39 is 6.43 Å². The smallest absolute Gasteiger partial charge is 0.256 e. The van der Waals surface area contributed by atoms with Gasteiger partial charge >= 0.3 is 0 Å². The molecule has 0 atom stereocenters. The fourth-order valence-electron chi connectivity index (χ4n) is 1.27. The molecule has 0 amide bonds. The molecule has 12 heavy (non-hydrogen) atoms. The molecule has 0 radical (unpaired) electrons. The molecule has 1 heterocycles. The molecule has 1 nitrogen and oxygen atoms in total. The zero-order valence-electron chi connectivity index (χ0n) is 7.56. The lowest BCUT2D eigenvalue weighted by Crippen LogP contribution is -2.06. The molecule has 0 aliphatic carbocycles. The molecular weight excluding hydrogens is 160 g/mol. The van der Waals surface area contributed by atoms with E-state index in [-0.39, 0.29) is 6.54 Å². The van der Waals surface area contributed by atoms with Crippen molar-refractivity contribution in [1.82, 2.24) is 4.57 Å². The van der Waals surface area contributed by atoms with Crippen molar-refractivity contribution in [2.24, 2.45) is 0 Å². The van der Waals surface area contributed by atoms with Gasteiger partial charge < -0.3 is 4.57 Å². The molecule has 0 saturated carbocycles. The number of rotatable bonds is 2. The molecule has 0 bridgehead atoms. The van der Waals surface area contributed by atoms with Crippen LogP contribution in [-0.4, -0.2) is 11.0 Å². The maximum absolute atomic E-state index is 12.0. The van der Waals surface area contributed by atoms with E-state index >= 15 is 0 Å². The molecule has 68 valence electrons. The van der Waals surface area contributed by atoms with E-state index in [0.29, 0.717) is 0 Å². The Labute approximate surface area is 71.0 Å². The van der Waals surface area contributed by atoms with Crippen molar-refractivity contribution in [3.05, 3.63) is 23.0 Å². The highest BCUT2D eigenvalue weighted by molar-refractivity contribution is 5.28. The summed E-state index contributed by atoms with van der Waals surface area (Å²) in [6.07, 6.45) is -0.494. The molecule has 1 rings (SSSR count). The molecular formula is C9H13F2N. The van der Waals surface area contributed by atoms with Crippen molar-refractivity contribution in [3.8, 4) is 0 Å². The van der Waals surface area contributed by atoms with Gasteiger partial charge in [0.25, 0.3) is 6.43 Å². The monoisotopic (exact) mass is 173 g/mol. The van der Waals surface area contributed by atoms with Crippen LogP contribution in [-0.2, 0) is 6.54 Å². The third-order valence-electron chi connectivity index (χ3n) is 2.25. The third kappa shape index (κ3) is 1.65. The van der Waals surface area contributed by atoms with Crippen LogP contribution in [0.25, 0.3) is 0 Å². The van der Waals surface area contributed by atoms with Gasteiger partial charge in [0.05, 0.1) is 6.54 Å². The Hall–Kier alpha value is -0.860. The van der Waals surface area contributed by atoms with E-state index in [2.05, 4.69) is 0 Å². The minimum atomic E-state index is -2.27. The Morgan fingerprint density at radius 2 is 1.92 bits per heavy atom. The lowest BCUT2D eigenvalue weighted by Gasteiger charge is -2.04. The normalized spacial score (nSPS) is 11.2. The zero-order valence-corrected chi connectivity index (χ0v) is 7.56. The van der Waals surface area contributed by atoms with Crippen LogP contribution < -0.4 is 0 Å². The lowest BCUT2D eigenvalue weighted by molar-refractivity contribution is 0.126. The van der Waals surface area contributed by atoms with Gasteiger partial charge in [-0.3, -0.25) is 0 Å². The Kier molecular flexibility index (Phi) is 2.50. The second kappa shape index (κ2) is 3.25. The van der Waals surface area contributed by atoms with Crippen LogP contribution in [0.2, 0.25) is 0 Å². The van der Waals surface area contributed by atoms with Crippen LogP contribution in [0.1, 0.15) is 16.8 Å². The molecule has 1 aromatic rings. The SMILES string of the molecule is Cc1cn(CC(F)F)c(C)c1C. The summed E-state index contributed by atoms with van der Waals surface area (Å²) < 4.78 is 25.6. The summed E-state index contributed by atoms with van der Waals surface area (Å²) in [5, 5.41) is 0. The molecule has 0 fully saturated rings. The van der Waals surface area contributed by atoms with Crippen LogP contribution in [0.15, 0.2) is 6.20 Å². The van der Waals surface area contributed by atoms with Gasteiger partial charge in [0, 0.05) is 11.9 Å². The van der Waals surface area contributed by atoms with Gasteiger partial charge in [0.2, 0.25) is 0 Å². The van der Waals surface area contributed by atoms with Crippen LogP contribution in [0, 0.1) is 20.8 Å². The average Bonchev–Trinajstić information content (AvgIpc) is 2.17. The topological polar surface area (TPSA) is 4.93 Å². The number of aryl methyl sites for hydroxylation is 1. The van der Waals surface area contributed by atoms with Crippen LogP contribution >= 0.6 is 0 Å². The van der Waals surface area contributed by atoms with Crippen molar-refractivity contribution in [1.29, 1.82) is 0 Å². The van der Waals surface area contributed by atoms with Gasteiger partial charge in [-0.2, -0.15) is 0 Å². The Bertz CT molecular complexity index is 276. The first-order valence-electron chi connectivity index (χ1n) is 3.93. The molecule has 0 aliphatic heterocycles. The quantitative estimate of drug-likeness (QED) is 0.648. The molecule has 0 unspecified atom stereocenters. The van der Waals surface area contributed by atoms with E-state index in [1.807, 2.05) is 20.8 Å². The van der Waals surface area contributed by atoms with Crippen LogP contribution in [0.5, 0.6) is 0 Å². The second-order valence-corrected chi connectivity index (χ2v) is 3.07. The molecule has 1 aromatic heterocycles. The number of hydrogen-bond acceptors (Lipinski definition) is 0. The Morgan fingerprint density at radius 1 is 1.33 bits per heavy atom. The summed E-state index contributed by atoms with van der Waals surface area (Å²) in [4.78, 5) is 0. The average molecular weight is 173 g/mol. The fraction of sp³-hybridized carbons (Fsp3) is 0.556. The maximum atomic E-state index is 12.0. The molecule has 0 N–H and O–H groups in total. The Morgan fingerprint density at radius 3 is 2.25 bits per heavy atom. The highest BCUT2D eigenvalue weighted by Gasteiger charge is 2.09. The van der Waals surface area contributed by atoms with Gasteiger partial charge in [-0.15, -0.1) is 0 Å². The van der Waals surface area contributed by atoms with Crippen molar-refractivity contribution in [3.63, 3.8) is 0 Å². The highest BCUT2D eigenvalue weighted by Crippen LogP contribution is 2.15. The van der Waals surface area contributed by atoms with E-state index in [1.165, 1.54) is 0 Å². The number of nitrogens with zero attached hydrogens (tertiary/aromatic N) is 1. The largest absolute Gasteiger partial charge is 0.345 e. The molecule has 0 saturated heterocycles. The summed E-state index contributed by atoms with van der Waals surface area (Å²) in [7, 11) is 0. The van der Waals surface area contributed by atoms with Gasteiger partial charge in [-0.25, -0.2) is 8.78 Å². The minimum Gasteiger partial charge on any atom is -0.345 e. The van der Waals surface area contributed by atoms with Gasteiger partial charge in [-0.1, -0.05) is 0 Å². The standard InChI is InChI=1S/C9H13F2N/c1-6-4-12(5-9(10)11)8(3)7(6)2/h4,9H,5H2,1-3H3. The molecule has 0 aliphatic rings. The number of halogens is 2. The number of aromatic nitrogens is 1. The van der Waals surface area contributed by atoms with Crippen LogP contribution in [0.4, 0.5) is 8.78 Å². The maximum Gasteiger partial charge on any atom is 0.256 e. The summed E-state index contributed by atoms with van der Waals surface area (Å²) >= 11 is 0. The first kappa shape index (κ1) is 9.23. The van der Waals surface area contributed by atoms with Crippen molar-refractivity contribution >= 4 is 0 Å². The first-order chi connectivity index (χ1) is 5.52. The zero-order chi connectivity index (χ0) is 9.30. The lowest BCUT2D eigenvalue weighted by atomic mass is 10.2. The van der Waals surface area contributed by atoms with E-state index in [1.54, 1.807) is 10.8 Å². The van der Waals surface area contributed by atoms with Crippen molar-refractivity contribution < 1.29 is 8.78 Å². The first-order valence-corrected chi connectivity index (χ1v) is 3.93. The molecule has 3 heteroatoms. The second-order valence-electron chi connectivity index (χ2n) is 3.07. The fourth-order valence-corrected chi connectivity index (χ4v) is 1.27. The van der Waals surface area contributed by atoms with E-state index in [4.69, 9.17) is 0 Å². The van der Waals surface area contributed by atoms with E-state index in [9.17, 15) is 8.78 Å². The summed E-state index contributed by atoms with van der Waals surface area (Å²) in [6, 6.07) is 0. The van der Waals surface area contributed by atoms with Crippen molar-refractivity contribution in [2.75, 3.05) is 0 Å². The van der Waals surface area contributed by atoms with Gasteiger partial charge in [-0.05, 0) is 31.9 Å². The predicted molar refractivity (Wildman–Crippen MR) is 44.6 cm³/mol. The van der Waals surface area contributed by atoms with E-state index in [0.717, 1.165) is 16.8 Å². The summed E-state index contributed by atoms with van der Waals surface area (Å²) in [5.74, 6) is 0. The van der Waals surface area contributed by atoms with Gasteiger partial charge in [0.1, 0.15) is 0 Å². The summed E-state index contributed by atoms with van der Waals surface area (Å²) in [6.45, 7) is 5.56. The van der Waals surface area contributed by atoms with Gasteiger partial charge in [0.15, 0.2) is 0 Å². The minimum absolute atomic E-state index is 0.194. The summed E-state index contributed by atoms with van der Waals surface area (Å²) in [5.41, 5.74) is 3.12. The van der Waals surface area contributed by atoms with Crippen LogP contribution in [0.3, 0.4) is 0 Å². The molecule has 0 spiro atoms. The number of hydrogen-bond donors (Lipinski definition) is 0.